The summed E-state index contributed by atoms with van der Waals surface area (Å²) in [7, 11) is -1.15. The van der Waals surface area contributed by atoms with Gasteiger partial charge in [-0.3, -0.25) is 9.59 Å². The summed E-state index contributed by atoms with van der Waals surface area (Å²) < 4.78 is 17.3. The lowest BCUT2D eigenvalue weighted by molar-refractivity contribution is -0.145. The van der Waals surface area contributed by atoms with E-state index in [-0.39, 0.29) is 50.1 Å². The number of amides is 1. The third kappa shape index (κ3) is 8.00. The maximum absolute atomic E-state index is 12.4. The van der Waals surface area contributed by atoms with E-state index in [0.29, 0.717) is 34.8 Å². The molecule has 0 saturated heterocycles. The fraction of sp³-hybridized carbons (Fsp3) is 0.353. The fourth-order valence-corrected chi connectivity index (χ4v) is 5.77. The molecule has 12 heteroatoms. The van der Waals surface area contributed by atoms with Gasteiger partial charge in [-0.25, -0.2) is 9.97 Å². The molecule has 1 atom stereocenters. The summed E-state index contributed by atoms with van der Waals surface area (Å²) in [5.41, 5.74) is 3.64. The van der Waals surface area contributed by atoms with Gasteiger partial charge in [-0.05, 0) is 66.9 Å². The van der Waals surface area contributed by atoms with Crippen LogP contribution >= 0.6 is 0 Å². The molecule has 1 aliphatic heterocycles. The number of aliphatic hydroxyl groups is 1. The van der Waals surface area contributed by atoms with Gasteiger partial charge in [0.15, 0.2) is 0 Å². The summed E-state index contributed by atoms with van der Waals surface area (Å²) in [6.07, 6.45) is 4.74. The largest absolute Gasteiger partial charge is 0.492 e. The van der Waals surface area contributed by atoms with Crippen molar-refractivity contribution in [1.82, 2.24) is 15.3 Å². The molecule has 46 heavy (non-hydrogen) atoms. The highest BCUT2D eigenvalue weighted by atomic mass is 16.5. The molecule has 2 heterocycles. The van der Waals surface area contributed by atoms with Gasteiger partial charge in [0.05, 0.1) is 18.3 Å². The number of fused-ring (bicyclic) bond motifs is 2. The molecule has 238 valence electrons. The number of carbonyl (C=O) groups is 2. The molecule has 1 fully saturated rings. The Morgan fingerprint density at radius 3 is 2.65 bits per heavy atom. The highest BCUT2D eigenvalue weighted by Crippen LogP contribution is 2.30. The van der Waals surface area contributed by atoms with Crippen molar-refractivity contribution in [3.8, 4) is 5.75 Å². The van der Waals surface area contributed by atoms with Crippen LogP contribution in [0.5, 0.6) is 5.75 Å². The third-order valence-corrected chi connectivity index (χ3v) is 8.27. The molecule has 3 aromatic carbocycles. The van der Waals surface area contributed by atoms with E-state index in [4.69, 9.17) is 19.1 Å². The van der Waals surface area contributed by atoms with Crippen LogP contribution in [0.25, 0.3) is 10.9 Å². The van der Waals surface area contributed by atoms with E-state index in [1.54, 1.807) is 12.3 Å². The highest BCUT2D eigenvalue weighted by Gasteiger charge is 2.35. The maximum Gasteiger partial charge on any atom is 0.492 e. The number of para-hydroxylation sites is 1. The minimum atomic E-state index is -1.15. The van der Waals surface area contributed by atoms with E-state index in [1.807, 2.05) is 60.7 Å². The summed E-state index contributed by atoms with van der Waals surface area (Å²) in [5.74, 6) is 0.498. The van der Waals surface area contributed by atoms with Crippen LogP contribution in [0, 0.1) is 0 Å². The summed E-state index contributed by atoms with van der Waals surface area (Å²) >= 11 is 0. The van der Waals surface area contributed by atoms with Crippen LogP contribution in [0.3, 0.4) is 0 Å². The summed E-state index contributed by atoms with van der Waals surface area (Å²) in [5, 5.41) is 27.3. The Kier molecular flexibility index (Phi) is 10.1. The van der Waals surface area contributed by atoms with Crippen molar-refractivity contribution in [1.29, 1.82) is 0 Å². The average Bonchev–Trinajstić information content (AvgIpc) is 3.39. The molecule has 1 amide bonds. The number of hydrogen-bond acceptors (Lipinski definition) is 10. The molecule has 11 nitrogen and oxygen atoms in total. The number of aromatic nitrogens is 2. The lowest BCUT2D eigenvalue weighted by Gasteiger charge is -2.26. The van der Waals surface area contributed by atoms with Gasteiger partial charge in [-0.15, -0.1) is 0 Å². The number of nitrogens with one attached hydrogen (secondary N) is 2. The molecule has 1 unspecified atom stereocenters. The van der Waals surface area contributed by atoms with Gasteiger partial charge < -0.3 is 34.9 Å². The zero-order valence-electron chi connectivity index (χ0n) is 25.4. The first-order chi connectivity index (χ1) is 22.4. The number of hydrogen-bond donors (Lipinski definition) is 4. The van der Waals surface area contributed by atoms with E-state index in [1.165, 1.54) is 0 Å². The van der Waals surface area contributed by atoms with Gasteiger partial charge in [-0.2, -0.15) is 0 Å². The lowest BCUT2D eigenvalue weighted by Crippen LogP contribution is -2.29. The minimum absolute atomic E-state index is 0.0327. The second-order valence-electron chi connectivity index (χ2n) is 11.7. The van der Waals surface area contributed by atoms with Gasteiger partial charge in [-0.1, -0.05) is 48.5 Å². The fourth-order valence-electron chi connectivity index (χ4n) is 5.77. The van der Waals surface area contributed by atoms with Crippen molar-refractivity contribution in [2.45, 2.75) is 69.9 Å². The molecule has 1 saturated carbocycles. The Morgan fingerprint density at radius 2 is 1.83 bits per heavy atom. The molecule has 2 aliphatic rings. The van der Waals surface area contributed by atoms with Gasteiger partial charge in [0.25, 0.3) is 0 Å². The monoisotopic (exact) mass is 624 g/mol. The molecule has 0 spiro atoms. The predicted octanol–water partition coefficient (Wildman–Crippen LogP) is 3.84. The van der Waals surface area contributed by atoms with E-state index in [0.717, 1.165) is 42.2 Å². The molecular weight excluding hydrogens is 587 g/mol. The molecule has 1 aromatic heterocycles. The lowest BCUT2D eigenvalue weighted by atomic mass is 9.79. The number of aliphatic hydroxyl groups excluding tert-OH is 1. The number of nitrogens with zero attached hydrogens (tertiary/aromatic N) is 2. The normalized spacial score (nSPS) is 19.0. The first kappa shape index (κ1) is 31.5. The van der Waals surface area contributed by atoms with Gasteiger partial charge in [0, 0.05) is 36.7 Å². The summed E-state index contributed by atoms with van der Waals surface area (Å²) in [4.78, 5) is 33.6. The van der Waals surface area contributed by atoms with Crippen LogP contribution in [-0.2, 0) is 25.6 Å². The highest BCUT2D eigenvalue weighted by molar-refractivity contribution is 6.62. The van der Waals surface area contributed by atoms with Crippen LogP contribution in [0.1, 0.15) is 62.2 Å². The van der Waals surface area contributed by atoms with Gasteiger partial charge in [0.2, 0.25) is 11.9 Å². The van der Waals surface area contributed by atoms with Crippen molar-refractivity contribution in [3.05, 3.63) is 84.1 Å². The summed E-state index contributed by atoms with van der Waals surface area (Å²) in [6.45, 7) is 0.396. The Balaban J connectivity index is 1.01. The van der Waals surface area contributed by atoms with Crippen LogP contribution in [0.15, 0.2) is 72.9 Å². The number of benzene rings is 3. The Bertz CT molecular complexity index is 1670. The van der Waals surface area contributed by atoms with Crippen molar-refractivity contribution < 1.29 is 33.8 Å². The van der Waals surface area contributed by atoms with Crippen LogP contribution in [0.2, 0.25) is 0 Å². The smallest absolute Gasteiger partial charge is 0.488 e. The topological polar surface area (TPSA) is 152 Å². The van der Waals surface area contributed by atoms with E-state index in [2.05, 4.69) is 15.6 Å². The predicted molar refractivity (Wildman–Crippen MR) is 173 cm³/mol. The molecule has 0 bridgehead atoms. The SMILES string of the molecule is O=C(CCCC(=O)OCc1ccccc1)NCC1OB(O)c2cc(Nc3ncc4cccc(OC5CCC(O)CC5)c4n3)ccc21. The van der Waals surface area contributed by atoms with Crippen LogP contribution < -0.4 is 20.8 Å². The second kappa shape index (κ2) is 14.7. The number of esters is 1. The Morgan fingerprint density at radius 1 is 1.00 bits per heavy atom. The van der Waals surface area contributed by atoms with E-state index >= 15 is 0 Å². The standard InChI is InChI=1S/C34H37BN4O7/c40-25-13-15-26(16-14-25)45-29-9-4-8-23-19-37-34(39-33(23)29)38-24-12-17-27-28(18-24)35(43)46-30(27)20-36-31(41)10-5-11-32(42)44-21-22-6-2-1-3-7-22/h1-4,6-9,12,17-19,25-26,30,40,43H,5,10-11,13-16,20-21H2,(H,36,41)(H,37,38,39). The van der Waals surface area contributed by atoms with Crippen molar-refractivity contribution in [3.63, 3.8) is 0 Å². The molecule has 4 aromatic rings. The molecule has 6 rings (SSSR count). The minimum Gasteiger partial charge on any atom is -0.488 e. The third-order valence-electron chi connectivity index (χ3n) is 8.27. The maximum atomic E-state index is 12.4. The van der Waals surface area contributed by atoms with Gasteiger partial charge in [0.1, 0.15) is 17.9 Å². The number of ether oxygens (including phenoxy) is 2. The first-order valence-electron chi connectivity index (χ1n) is 15.7. The molecule has 0 radical (unpaired) electrons. The summed E-state index contributed by atoms with van der Waals surface area (Å²) in [6, 6.07) is 20.6. The Labute approximate surface area is 267 Å². The molecular formula is C34H37BN4O7. The van der Waals surface area contributed by atoms with Crippen LogP contribution in [-0.4, -0.2) is 57.8 Å². The average molecular weight is 625 g/mol. The van der Waals surface area contributed by atoms with Crippen molar-refractivity contribution in [2.24, 2.45) is 0 Å². The van der Waals surface area contributed by atoms with E-state index in [9.17, 15) is 19.7 Å². The zero-order chi connectivity index (χ0) is 31.9. The van der Waals surface area contributed by atoms with Gasteiger partial charge >= 0.3 is 13.1 Å². The van der Waals surface area contributed by atoms with Crippen molar-refractivity contribution >= 4 is 47.0 Å². The van der Waals surface area contributed by atoms with Crippen LogP contribution in [0.4, 0.5) is 11.6 Å². The zero-order valence-corrected chi connectivity index (χ0v) is 25.4. The number of rotatable bonds is 12. The van der Waals surface area contributed by atoms with Crippen molar-refractivity contribution in [2.75, 3.05) is 11.9 Å². The quantitative estimate of drug-likeness (QED) is 0.135. The number of carbonyl (C=O) groups excluding carboxylic acids is 2. The van der Waals surface area contributed by atoms with E-state index < -0.39 is 13.2 Å². The Hall–Kier alpha value is -4.52. The first-order valence-corrected chi connectivity index (χ1v) is 15.7. The second-order valence-corrected chi connectivity index (χ2v) is 11.7. The molecule has 4 N–H and O–H groups in total. The number of anilines is 2. The molecule has 1 aliphatic carbocycles.